The van der Waals surface area contributed by atoms with Crippen LogP contribution in [0, 0.1) is 0 Å². The van der Waals surface area contributed by atoms with E-state index in [4.69, 9.17) is 23.2 Å². The molecule has 0 spiro atoms. The molecule has 1 aromatic rings. The third-order valence-electron chi connectivity index (χ3n) is 1.91. The maximum absolute atomic E-state index is 11.1. The number of aldehydes is 1. The van der Waals surface area contributed by atoms with Gasteiger partial charge in [-0.15, -0.1) is 0 Å². The molecule has 0 aromatic heterocycles. The Bertz CT molecular complexity index is 402. The van der Waals surface area contributed by atoms with Crippen molar-refractivity contribution < 1.29 is 14.3 Å². The zero-order chi connectivity index (χ0) is 11.4. The molecule has 1 rings (SSSR count). The number of ether oxygens (including phenoxy) is 1. The van der Waals surface area contributed by atoms with Crippen molar-refractivity contribution in [2.24, 2.45) is 0 Å². The summed E-state index contributed by atoms with van der Waals surface area (Å²) in [6, 6.07) is 3.05. The zero-order valence-electron chi connectivity index (χ0n) is 7.92. The van der Waals surface area contributed by atoms with Crippen LogP contribution < -0.4 is 0 Å². The van der Waals surface area contributed by atoms with Crippen molar-refractivity contribution in [2.45, 2.75) is 6.42 Å². The minimum atomic E-state index is -0.470. The molecule has 1 aromatic carbocycles. The van der Waals surface area contributed by atoms with E-state index in [0.717, 1.165) is 0 Å². The van der Waals surface area contributed by atoms with E-state index < -0.39 is 5.97 Å². The maximum Gasteiger partial charge on any atom is 0.310 e. The van der Waals surface area contributed by atoms with Gasteiger partial charge < -0.3 is 4.74 Å². The Morgan fingerprint density at radius 2 is 2.00 bits per heavy atom. The number of hydrogen-bond acceptors (Lipinski definition) is 3. The molecule has 0 saturated carbocycles. The number of rotatable bonds is 3. The molecule has 0 saturated heterocycles. The van der Waals surface area contributed by atoms with Gasteiger partial charge in [0.15, 0.2) is 6.29 Å². The third-order valence-corrected chi connectivity index (χ3v) is 2.60. The van der Waals surface area contributed by atoms with Crippen LogP contribution in [0.4, 0.5) is 0 Å². The highest BCUT2D eigenvalue weighted by molar-refractivity contribution is 6.35. The molecule has 0 N–H and O–H groups in total. The Kier molecular flexibility index (Phi) is 4.12. The number of benzene rings is 1. The molecule has 0 atom stereocenters. The summed E-state index contributed by atoms with van der Waals surface area (Å²) in [6.07, 6.45) is 0.510. The van der Waals surface area contributed by atoms with Crippen LogP contribution in [0.25, 0.3) is 0 Å². The van der Waals surface area contributed by atoms with Crippen LogP contribution in [-0.2, 0) is 16.0 Å². The first kappa shape index (κ1) is 12.0. The van der Waals surface area contributed by atoms with E-state index in [1.165, 1.54) is 19.2 Å². The van der Waals surface area contributed by atoms with Crippen molar-refractivity contribution >= 4 is 35.5 Å². The van der Waals surface area contributed by atoms with Gasteiger partial charge in [0.1, 0.15) is 0 Å². The molecule has 0 aliphatic carbocycles. The van der Waals surface area contributed by atoms with E-state index in [-0.39, 0.29) is 17.0 Å². The second-order valence-electron chi connectivity index (χ2n) is 2.79. The topological polar surface area (TPSA) is 43.4 Å². The van der Waals surface area contributed by atoms with Crippen molar-refractivity contribution in [3.8, 4) is 0 Å². The van der Waals surface area contributed by atoms with Gasteiger partial charge in [0, 0.05) is 10.6 Å². The summed E-state index contributed by atoms with van der Waals surface area (Å²) in [7, 11) is 1.27. The Balaban J connectivity index is 3.19. The van der Waals surface area contributed by atoms with Crippen molar-refractivity contribution in [1.82, 2.24) is 0 Å². The number of esters is 1. The highest BCUT2D eigenvalue weighted by Crippen LogP contribution is 2.26. The fourth-order valence-electron chi connectivity index (χ4n) is 1.13. The van der Waals surface area contributed by atoms with Crippen LogP contribution in [0.5, 0.6) is 0 Å². The molecule has 0 amide bonds. The normalized spacial score (nSPS) is 9.80. The van der Waals surface area contributed by atoms with Crippen LogP contribution in [0.2, 0.25) is 10.0 Å². The van der Waals surface area contributed by atoms with Gasteiger partial charge in [0.05, 0.1) is 18.6 Å². The Labute approximate surface area is 96.9 Å². The SMILES string of the molecule is COC(=O)Cc1c(Cl)ccc(Cl)c1C=O. The van der Waals surface area contributed by atoms with Gasteiger partial charge in [0.25, 0.3) is 0 Å². The van der Waals surface area contributed by atoms with Gasteiger partial charge in [-0.05, 0) is 17.7 Å². The van der Waals surface area contributed by atoms with Crippen LogP contribution in [-0.4, -0.2) is 19.4 Å². The summed E-state index contributed by atoms with van der Waals surface area (Å²) in [5, 5.41) is 0.597. The first-order chi connectivity index (χ1) is 7.10. The Morgan fingerprint density at radius 3 is 2.53 bits per heavy atom. The van der Waals surface area contributed by atoms with Crippen LogP contribution in [0.3, 0.4) is 0 Å². The van der Waals surface area contributed by atoms with Crippen LogP contribution in [0.1, 0.15) is 15.9 Å². The number of methoxy groups -OCH3 is 1. The second-order valence-corrected chi connectivity index (χ2v) is 3.61. The van der Waals surface area contributed by atoms with Crippen molar-refractivity contribution in [2.75, 3.05) is 7.11 Å². The predicted octanol–water partition coefficient (Wildman–Crippen LogP) is 2.52. The van der Waals surface area contributed by atoms with Gasteiger partial charge in [-0.2, -0.15) is 0 Å². The van der Waals surface area contributed by atoms with E-state index in [1.807, 2.05) is 0 Å². The predicted molar refractivity (Wildman–Crippen MR) is 57.6 cm³/mol. The third kappa shape index (κ3) is 2.70. The average Bonchev–Trinajstić information content (AvgIpc) is 2.23. The minimum absolute atomic E-state index is 0.0655. The van der Waals surface area contributed by atoms with Crippen molar-refractivity contribution in [3.05, 3.63) is 33.3 Å². The molecule has 0 unspecified atom stereocenters. The van der Waals surface area contributed by atoms with E-state index in [9.17, 15) is 9.59 Å². The molecular formula is C10H8Cl2O3. The molecular weight excluding hydrogens is 239 g/mol. The smallest absolute Gasteiger partial charge is 0.310 e. The van der Waals surface area contributed by atoms with E-state index in [0.29, 0.717) is 16.9 Å². The van der Waals surface area contributed by atoms with Crippen LogP contribution in [0.15, 0.2) is 12.1 Å². The summed E-state index contributed by atoms with van der Waals surface area (Å²) >= 11 is 11.6. The van der Waals surface area contributed by atoms with E-state index in [1.54, 1.807) is 0 Å². The first-order valence-electron chi connectivity index (χ1n) is 4.09. The lowest BCUT2D eigenvalue weighted by Gasteiger charge is -2.07. The summed E-state index contributed by atoms with van der Waals surface area (Å²) in [6.45, 7) is 0. The standard InChI is InChI=1S/C10H8Cl2O3/c1-15-10(14)4-6-7(5-13)9(12)3-2-8(6)11/h2-3,5H,4H2,1H3. The second kappa shape index (κ2) is 5.14. The molecule has 3 nitrogen and oxygen atoms in total. The highest BCUT2D eigenvalue weighted by Gasteiger charge is 2.14. The molecule has 0 bridgehead atoms. The van der Waals surface area contributed by atoms with Crippen molar-refractivity contribution in [1.29, 1.82) is 0 Å². The molecule has 80 valence electrons. The zero-order valence-corrected chi connectivity index (χ0v) is 9.43. The average molecular weight is 247 g/mol. The number of carbonyl (C=O) groups excluding carboxylic acids is 2. The van der Waals surface area contributed by atoms with Gasteiger partial charge in [0.2, 0.25) is 0 Å². The molecule has 5 heteroatoms. The van der Waals surface area contributed by atoms with Gasteiger partial charge in [-0.1, -0.05) is 23.2 Å². The largest absolute Gasteiger partial charge is 0.469 e. The van der Waals surface area contributed by atoms with E-state index in [2.05, 4.69) is 4.74 Å². The Morgan fingerprint density at radius 1 is 1.40 bits per heavy atom. The Hall–Kier alpha value is -1.06. The molecule has 0 heterocycles. The molecule has 0 radical (unpaired) electrons. The number of carbonyl (C=O) groups is 2. The monoisotopic (exact) mass is 246 g/mol. The van der Waals surface area contributed by atoms with E-state index >= 15 is 0 Å². The summed E-state index contributed by atoms with van der Waals surface area (Å²) in [4.78, 5) is 21.8. The molecule has 0 aliphatic rings. The van der Waals surface area contributed by atoms with Gasteiger partial charge in [-0.3, -0.25) is 9.59 Å². The number of hydrogen-bond donors (Lipinski definition) is 0. The summed E-state index contributed by atoms with van der Waals surface area (Å²) in [5.41, 5.74) is 0.626. The lowest BCUT2D eigenvalue weighted by atomic mass is 10.1. The van der Waals surface area contributed by atoms with Crippen LogP contribution >= 0.6 is 23.2 Å². The quantitative estimate of drug-likeness (QED) is 0.608. The van der Waals surface area contributed by atoms with Gasteiger partial charge in [-0.25, -0.2) is 0 Å². The fourth-order valence-corrected chi connectivity index (χ4v) is 1.59. The summed E-state index contributed by atoms with van der Waals surface area (Å²) in [5.74, 6) is -0.470. The molecule has 0 fully saturated rings. The first-order valence-corrected chi connectivity index (χ1v) is 4.84. The van der Waals surface area contributed by atoms with Gasteiger partial charge >= 0.3 is 5.97 Å². The van der Waals surface area contributed by atoms with Crippen molar-refractivity contribution in [3.63, 3.8) is 0 Å². The summed E-state index contributed by atoms with van der Waals surface area (Å²) < 4.78 is 4.49. The minimum Gasteiger partial charge on any atom is -0.469 e. The number of halogens is 2. The molecule has 15 heavy (non-hydrogen) atoms. The maximum atomic E-state index is 11.1. The highest BCUT2D eigenvalue weighted by atomic mass is 35.5. The molecule has 0 aliphatic heterocycles. The lowest BCUT2D eigenvalue weighted by molar-refractivity contribution is -0.139. The fraction of sp³-hybridized carbons (Fsp3) is 0.200. The lowest BCUT2D eigenvalue weighted by Crippen LogP contribution is -2.07.